The first kappa shape index (κ1) is 24.8. The van der Waals surface area contributed by atoms with Gasteiger partial charge in [-0.1, -0.05) is 42.5 Å². The Morgan fingerprint density at radius 1 is 1.00 bits per heavy atom. The standard InChI is InChI=1S/C32H33NO4/c1-19-14-25(20(2)33-27-13-9-8-12-24(27)31(35)37-32(3,4)5)30-26(15-19)28(34)18-29(36-30)23-16-21-10-6-7-11-22(21)17-23/h6-15,18,20,23,33H,16-17H2,1-5H3. The molecule has 1 aliphatic carbocycles. The lowest BCUT2D eigenvalue weighted by atomic mass is 9.98. The second-order valence-corrected chi connectivity index (χ2v) is 11.0. The van der Waals surface area contributed by atoms with E-state index in [1.165, 1.54) is 11.1 Å². The summed E-state index contributed by atoms with van der Waals surface area (Å²) >= 11 is 0. The SMILES string of the molecule is Cc1cc(C(C)Nc2ccccc2C(=O)OC(C)(C)C)c2oc(C3Cc4ccccc4C3)cc(=O)c2c1. The Balaban J connectivity index is 1.51. The molecule has 0 saturated carbocycles. The molecular weight excluding hydrogens is 462 g/mol. The average molecular weight is 496 g/mol. The highest BCUT2D eigenvalue weighted by Gasteiger charge is 2.27. The Bertz CT molecular complexity index is 1520. The van der Waals surface area contributed by atoms with Gasteiger partial charge in [0.25, 0.3) is 0 Å². The summed E-state index contributed by atoms with van der Waals surface area (Å²) < 4.78 is 12.1. The van der Waals surface area contributed by atoms with E-state index in [0.717, 1.165) is 29.7 Å². The highest BCUT2D eigenvalue weighted by atomic mass is 16.6. The van der Waals surface area contributed by atoms with E-state index in [1.807, 2.05) is 65.0 Å². The van der Waals surface area contributed by atoms with Crippen molar-refractivity contribution in [2.45, 2.75) is 65.0 Å². The number of hydrogen-bond acceptors (Lipinski definition) is 5. The summed E-state index contributed by atoms with van der Waals surface area (Å²) in [7, 11) is 0. The summed E-state index contributed by atoms with van der Waals surface area (Å²) in [5.41, 5.74) is 5.59. The van der Waals surface area contributed by atoms with Gasteiger partial charge >= 0.3 is 5.97 Å². The largest absolute Gasteiger partial charge is 0.460 e. The molecule has 1 unspecified atom stereocenters. The molecule has 3 aromatic carbocycles. The van der Waals surface area contributed by atoms with Crippen molar-refractivity contribution < 1.29 is 13.9 Å². The minimum absolute atomic E-state index is 0.0292. The van der Waals surface area contributed by atoms with Crippen LogP contribution in [0.25, 0.3) is 11.0 Å². The smallest absolute Gasteiger partial charge is 0.340 e. The molecule has 1 N–H and O–H groups in total. The Morgan fingerprint density at radius 2 is 1.65 bits per heavy atom. The van der Waals surface area contributed by atoms with Gasteiger partial charge in [-0.2, -0.15) is 0 Å². The fourth-order valence-corrected chi connectivity index (χ4v) is 5.17. The molecule has 0 spiro atoms. The molecule has 1 aromatic heterocycles. The van der Waals surface area contributed by atoms with Gasteiger partial charge in [0.1, 0.15) is 16.9 Å². The number of esters is 1. The van der Waals surface area contributed by atoms with Gasteiger partial charge in [0.15, 0.2) is 5.43 Å². The zero-order chi connectivity index (χ0) is 26.3. The first-order valence-electron chi connectivity index (χ1n) is 12.8. The van der Waals surface area contributed by atoms with Gasteiger partial charge in [0.2, 0.25) is 0 Å². The molecule has 37 heavy (non-hydrogen) atoms. The van der Waals surface area contributed by atoms with Crippen molar-refractivity contribution in [3.8, 4) is 0 Å². The van der Waals surface area contributed by atoms with Crippen molar-refractivity contribution in [2.24, 2.45) is 0 Å². The van der Waals surface area contributed by atoms with E-state index < -0.39 is 5.60 Å². The van der Waals surface area contributed by atoms with Gasteiger partial charge in [-0.05, 0) is 82.3 Å². The maximum Gasteiger partial charge on any atom is 0.340 e. The van der Waals surface area contributed by atoms with E-state index >= 15 is 0 Å². The zero-order valence-corrected chi connectivity index (χ0v) is 22.1. The van der Waals surface area contributed by atoms with Gasteiger partial charge in [0, 0.05) is 23.2 Å². The van der Waals surface area contributed by atoms with E-state index in [-0.39, 0.29) is 23.4 Å². The van der Waals surface area contributed by atoms with E-state index in [1.54, 1.807) is 12.1 Å². The molecule has 190 valence electrons. The summed E-state index contributed by atoms with van der Waals surface area (Å²) in [4.78, 5) is 26.1. The van der Waals surface area contributed by atoms with Gasteiger partial charge in [-0.25, -0.2) is 4.79 Å². The first-order chi connectivity index (χ1) is 17.6. The van der Waals surface area contributed by atoms with Gasteiger partial charge in [-0.3, -0.25) is 4.79 Å². The average Bonchev–Trinajstić information content (AvgIpc) is 3.27. The van der Waals surface area contributed by atoms with Gasteiger partial charge in [0.05, 0.1) is 17.0 Å². The van der Waals surface area contributed by atoms with Crippen LogP contribution in [0.1, 0.15) is 78.0 Å². The van der Waals surface area contributed by atoms with Crippen molar-refractivity contribution in [1.29, 1.82) is 0 Å². The lowest BCUT2D eigenvalue weighted by molar-refractivity contribution is 0.00706. The maximum atomic E-state index is 13.2. The van der Waals surface area contributed by atoms with Crippen molar-refractivity contribution in [1.82, 2.24) is 0 Å². The molecule has 1 heterocycles. The topological polar surface area (TPSA) is 68.5 Å². The molecule has 5 heteroatoms. The first-order valence-corrected chi connectivity index (χ1v) is 12.8. The van der Waals surface area contributed by atoms with Crippen molar-refractivity contribution in [3.63, 3.8) is 0 Å². The summed E-state index contributed by atoms with van der Waals surface area (Å²) in [6, 6.07) is 21.1. The molecule has 1 atom stereocenters. The van der Waals surface area contributed by atoms with Crippen LogP contribution in [0.15, 0.2) is 75.9 Å². The predicted octanol–water partition coefficient (Wildman–Crippen LogP) is 7.11. The van der Waals surface area contributed by atoms with Crippen LogP contribution in [0.3, 0.4) is 0 Å². The van der Waals surface area contributed by atoms with Crippen LogP contribution >= 0.6 is 0 Å². The Morgan fingerprint density at radius 3 is 2.32 bits per heavy atom. The number of aryl methyl sites for hydroxylation is 1. The summed E-state index contributed by atoms with van der Waals surface area (Å²) in [5, 5.41) is 4.05. The van der Waals surface area contributed by atoms with E-state index in [2.05, 4.69) is 29.6 Å². The van der Waals surface area contributed by atoms with E-state index in [4.69, 9.17) is 9.15 Å². The Hall–Kier alpha value is -3.86. The number of carbonyl (C=O) groups is 1. The zero-order valence-electron chi connectivity index (χ0n) is 22.1. The normalized spacial score (nSPS) is 14.4. The minimum Gasteiger partial charge on any atom is -0.460 e. The number of carbonyl (C=O) groups excluding carboxylic acids is 1. The Kier molecular flexibility index (Phi) is 6.40. The van der Waals surface area contributed by atoms with Crippen LogP contribution in [-0.2, 0) is 17.6 Å². The molecule has 0 saturated heterocycles. The van der Waals surface area contributed by atoms with Crippen LogP contribution < -0.4 is 10.7 Å². The quantitative estimate of drug-likeness (QED) is 0.299. The van der Waals surface area contributed by atoms with Gasteiger partial charge in [-0.15, -0.1) is 0 Å². The Labute approximate surface area is 217 Å². The summed E-state index contributed by atoms with van der Waals surface area (Å²) in [6.45, 7) is 9.55. The number of para-hydroxylation sites is 1. The van der Waals surface area contributed by atoms with Crippen LogP contribution in [0.5, 0.6) is 0 Å². The van der Waals surface area contributed by atoms with Crippen LogP contribution in [0, 0.1) is 6.92 Å². The van der Waals surface area contributed by atoms with Crippen LogP contribution in [0.2, 0.25) is 0 Å². The molecule has 0 radical (unpaired) electrons. The number of fused-ring (bicyclic) bond motifs is 2. The molecule has 0 amide bonds. The molecule has 5 rings (SSSR count). The number of nitrogens with one attached hydrogen (secondary N) is 1. The molecule has 5 nitrogen and oxygen atoms in total. The fourth-order valence-electron chi connectivity index (χ4n) is 5.17. The second-order valence-electron chi connectivity index (χ2n) is 11.0. The highest BCUT2D eigenvalue weighted by molar-refractivity contribution is 5.96. The molecule has 0 bridgehead atoms. The van der Waals surface area contributed by atoms with Crippen molar-refractivity contribution in [3.05, 3.63) is 111 Å². The highest BCUT2D eigenvalue weighted by Crippen LogP contribution is 2.36. The predicted molar refractivity (Wildman–Crippen MR) is 147 cm³/mol. The monoisotopic (exact) mass is 495 g/mol. The van der Waals surface area contributed by atoms with E-state index in [0.29, 0.717) is 22.2 Å². The maximum absolute atomic E-state index is 13.2. The second kappa shape index (κ2) is 9.55. The third-order valence-electron chi connectivity index (χ3n) is 6.86. The molecule has 4 aromatic rings. The van der Waals surface area contributed by atoms with Gasteiger partial charge < -0.3 is 14.5 Å². The van der Waals surface area contributed by atoms with Crippen molar-refractivity contribution in [2.75, 3.05) is 5.32 Å². The third kappa shape index (κ3) is 5.17. The van der Waals surface area contributed by atoms with E-state index in [9.17, 15) is 9.59 Å². The number of hydrogen-bond donors (Lipinski definition) is 1. The number of ether oxygens (including phenoxy) is 1. The molecular formula is C32H33NO4. The molecule has 0 fully saturated rings. The van der Waals surface area contributed by atoms with Crippen LogP contribution in [-0.4, -0.2) is 11.6 Å². The number of benzene rings is 3. The van der Waals surface area contributed by atoms with Crippen LogP contribution in [0.4, 0.5) is 5.69 Å². The summed E-state index contributed by atoms with van der Waals surface area (Å²) in [6.07, 6.45) is 1.73. The lowest BCUT2D eigenvalue weighted by Gasteiger charge is -2.23. The minimum atomic E-state index is -0.595. The molecule has 1 aliphatic rings. The molecule has 0 aliphatic heterocycles. The number of rotatable bonds is 5. The summed E-state index contributed by atoms with van der Waals surface area (Å²) in [5.74, 6) is 0.478. The third-order valence-corrected chi connectivity index (χ3v) is 6.86. The fraction of sp³-hybridized carbons (Fsp3) is 0.312. The lowest BCUT2D eigenvalue weighted by Crippen LogP contribution is -2.24. The number of anilines is 1. The van der Waals surface area contributed by atoms with Crippen molar-refractivity contribution >= 4 is 22.6 Å².